The summed E-state index contributed by atoms with van der Waals surface area (Å²) in [4.78, 5) is 0. The standard InChI is InChI=1S/C19H16NOP/c21-22(18-12-6-2-7-13-18,19-14-8-3-9-15-19)20-16-17-10-4-1-5-11-17/h1-16H/b20-16+. The van der Waals surface area contributed by atoms with Crippen LogP contribution >= 0.6 is 7.29 Å². The van der Waals surface area contributed by atoms with Gasteiger partial charge in [-0.1, -0.05) is 66.7 Å². The highest BCUT2D eigenvalue weighted by molar-refractivity contribution is 7.77. The van der Waals surface area contributed by atoms with Crippen molar-refractivity contribution >= 4 is 24.1 Å². The molecule has 0 radical (unpaired) electrons. The van der Waals surface area contributed by atoms with Crippen molar-refractivity contribution < 1.29 is 4.57 Å². The van der Waals surface area contributed by atoms with Gasteiger partial charge in [-0.15, -0.1) is 0 Å². The summed E-state index contributed by atoms with van der Waals surface area (Å²) in [5, 5.41) is 1.49. The minimum Gasteiger partial charge on any atom is -0.288 e. The quantitative estimate of drug-likeness (QED) is 0.528. The van der Waals surface area contributed by atoms with Gasteiger partial charge in [-0.3, -0.25) is 4.57 Å². The highest BCUT2D eigenvalue weighted by Crippen LogP contribution is 2.44. The molecule has 0 saturated heterocycles. The van der Waals surface area contributed by atoms with Crippen LogP contribution in [0.4, 0.5) is 0 Å². The van der Waals surface area contributed by atoms with Gasteiger partial charge in [0.1, 0.15) is 0 Å². The SMILES string of the molecule is O=P(/N=C/c1ccccc1)(c1ccccc1)c1ccccc1. The van der Waals surface area contributed by atoms with E-state index >= 15 is 0 Å². The van der Waals surface area contributed by atoms with Crippen LogP contribution in [0, 0.1) is 0 Å². The van der Waals surface area contributed by atoms with Crippen LogP contribution in [0.15, 0.2) is 95.8 Å². The molecule has 3 aromatic carbocycles. The minimum atomic E-state index is -3.02. The molecule has 0 heterocycles. The molecule has 0 amide bonds. The fourth-order valence-corrected chi connectivity index (χ4v) is 4.24. The molecule has 3 heteroatoms. The van der Waals surface area contributed by atoms with Crippen molar-refractivity contribution in [1.82, 2.24) is 0 Å². The summed E-state index contributed by atoms with van der Waals surface area (Å²) in [6, 6.07) is 28.6. The Morgan fingerprint density at radius 1 is 0.636 bits per heavy atom. The van der Waals surface area contributed by atoms with E-state index in [9.17, 15) is 4.57 Å². The second-order valence-corrected chi connectivity index (χ2v) is 7.32. The molecule has 0 aliphatic heterocycles. The minimum absolute atomic E-state index is 0.744. The van der Waals surface area contributed by atoms with Crippen LogP contribution in [0.3, 0.4) is 0 Å². The Kier molecular flexibility index (Phi) is 4.32. The zero-order chi connectivity index (χ0) is 15.3. The number of rotatable bonds is 4. The van der Waals surface area contributed by atoms with Gasteiger partial charge in [0.05, 0.1) is 0 Å². The van der Waals surface area contributed by atoms with E-state index in [4.69, 9.17) is 0 Å². The van der Waals surface area contributed by atoms with Gasteiger partial charge in [0.2, 0.25) is 7.29 Å². The van der Waals surface area contributed by atoms with Gasteiger partial charge in [-0.05, 0) is 29.8 Å². The lowest BCUT2D eigenvalue weighted by molar-refractivity contribution is 0.588. The van der Waals surface area contributed by atoms with Gasteiger partial charge in [-0.25, -0.2) is 4.76 Å². The van der Waals surface area contributed by atoms with E-state index in [2.05, 4.69) is 4.76 Å². The molecule has 0 saturated carbocycles. The maximum atomic E-state index is 13.6. The predicted octanol–water partition coefficient (Wildman–Crippen LogP) is 4.03. The van der Waals surface area contributed by atoms with E-state index in [1.165, 1.54) is 0 Å². The summed E-state index contributed by atoms with van der Waals surface area (Å²) in [6.07, 6.45) is 1.70. The number of nitrogens with zero attached hydrogens (tertiary/aromatic N) is 1. The van der Waals surface area contributed by atoms with E-state index < -0.39 is 7.29 Å². The molecule has 108 valence electrons. The van der Waals surface area contributed by atoms with E-state index in [-0.39, 0.29) is 0 Å². The normalized spacial score (nSPS) is 11.6. The lowest BCUT2D eigenvalue weighted by Crippen LogP contribution is -2.14. The van der Waals surface area contributed by atoms with Crippen molar-refractivity contribution in [3.8, 4) is 0 Å². The molecule has 0 atom stereocenters. The predicted molar refractivity (Wildman–Crippen MR) is 93.8 cm³/mol. The molecular weight excluding hydrogens is 289 g/mol. The van der Waals surface area contributed by atoms with Crippen LogP contribution < -0.4 is 10.6 Å². The molecular formula is C19H16NOP. The van der Waals surface area contributed by atoms with Crippen LogP contribution in [0.5, 0.6) is 0 Å². The number of hydrogen-bond donors (Lipinski definition) is 0. The smallest absolute Gasteiger partial charge is 0.247 e. The number of benzene rings is 3. The van der Waals surface area contributed by atoms with E-state index in [1.807, 2.05) is 91.0 Å². The monoisotopic (exact) mass is 305 g/mol. The summed E-state index contributed by atoms with van der Waals surface area (Å²) in [5.74, 6) is 0. The van der Waals surface area contributed by atoms with Gasteiger partial charge in [0.25, 0.3) is 0 Å². The second kappa shape index (κ2) is 6.55. The van der Waals surface area contributed by atoms with Gasteiger partial charge in [-0.2, -0.15) is 0 Å². The van der Waals surface area contributed by atoms with Gasteiger partial charge in [0, 0.05) is 16.8 Å². The Morgan fingerprint density at radius 2 is 1.05 bits per heavy atom. The maximum absolute atomic E-state index is 13.6. The summed E-state index contributed by atoms with van der Waals surface area (Å²) >= 11 is 0. The Hall–Kier alpha value is -2.44. The summed E-state index contributed by atoms with van der Waals surface area (Å²) in [6.45, 7) is 0. The highest BCUT2D eigenvalue weighted by atomic mass is 31.2. The topological polar surface area (TPSA) is 29.4 Å². The summed E-state index contributed by atoms with van der Waals surface area (Å²) in [7, 11) is -3.02. The second-order valence-electron chi connectivity index (χ2n) is 4.90. The Morgan fingerprint density at radius 3 is 1.50 bits per heavy atom. The van der Waals surface area contributed by atoms with Crippen LogP contribution in [0.25, 0.3) is 0 Å². The molecule has 0 spiro atoms. The largest absolute Gasteiger partial charge is 0.288 e. The molecule has 0 fully saturated rings. The molecule has 0 aliphatic carbocycles. The molecule has 3 rings (SSSR count). The number of hydrogen-bond acceptors (Lipinski definition) is 1. The van der Waals surface area contributed by atoms with Crippen LogP contribution in [0.2, 0.25) is 0 Å². The van der Waals surface area contributed by atoms with Crippen molar-refractivity contribution in [2.75, 3.05) is 0 Å². The third-order valence-electron chi connectivity index (χ3n) is 3.38. The summed E-state index contributed by atoms with van der Waals surface area (Å²) < 4.78 is 18.1. The average Bonchev–Trinajstić information content (AvgIpc) is 2.62. The molecule has 0 aliphatic rings. The fourth-order valence-electron chi connectivity index (χ4n) is 2.23. The Labute approximate surface area is 130 Å². The molecule has 0 aromatic heterocycles. The first-order valence-corrected chi connectivity index (χ1v) is 8.77. The van der Waals surface area contributed by atoms with Crippen molar-refractivity contribution in [2.24, 2.45) is 4.76 Å². The zero-order valence-electron chi connectivity index (χ0n) is 12.0. The third kappa shape index (κ3) is 3.08. The average molecular weight is 305 g/mol. The first-order valence-electron chi connectivity index (χ1n) is 7.11. The molecule has 22 heavy (non-hydrogen) atoms. The lowest BCUT2D eigenvalue weighted by Gasteiger charge is -2.14. The van der Waals surface area contributed by atoms with Crippen molar-refractivity contribution in [2.45, 2.75) is 0 Å². The first-order chi connectivity index (χ1) is 10.8. The maximum Gasteiger partial charge on any atom is 0.247 e. The fraction of sp³-hybridized carbons (Fsp3) is 0. The molecule has 0 N–H and O–H groups in total. The summed E-state index contributed by atoms with van der Waals surface area (Å²) in [5.41, 5.74) is 0.939. The van der Waals surface area contributed by atoms with E-state index in [0.29, 0.717) is 0 Å². The van der Waals surface area contributed by atoms with Crippen LogP contribution in [0.1, 0.15) is 5.56 Å². The van der Waals surface area contributed by atoms with Crippen LogP contribution in [-0.4, -0.2) is 6.21 Å². The van der Waals surface area contributed by atoms with Crippen molar-refractivity contribution in [3.05, 3.63) is 96.6 Å². The van der Waals surface area contributed by atoms with Crippen molar-refractivity contribution in [3.63, 3.8) is 0 Å². The van der Waals surface area contributed by atoms with E-state index in [1.54, 1.807) is 6.21 Å². The van der Waals surface area contributed by atoms with Crippen LogP contribution in [-0.2, 0) is 4.57 Å². The molecule has 0 unspecified atom stereocenters. The Bertz CT molecular complexity index is 755. The van der Waals surface area contributed by atoms with Crippen molar-refractivity contribution in [1.29, 1.82) is 0 Å². The lowest BCUT2D eigenvalue weighted by atomic mass is 10.2. The third-order valence-corrected chi connectivity index (χ3v) is 5.82. The van der Waals surface area contributed by atoms with E-state index in [0.717, 1.165) is 16.2 Å². The van der Waals surface area contributed by atoms with Gasteiger partial charge in [0.15, 0.2) is 0 Å². The Balaban J connectivity index is 2.09. The first kappa shape index (κ1) is 14.5. The highest BCUT2D eigenvalue weighted by Gasteiger charge is 2.25. The molecule has 0 bridgehead atoms. The van der Waals surface area contributed by atoms with Gasteiger partial charge >= 0.3 is 0 Å². The molecule has 3 aromatic rings. The zero-order valence-corrected chi connectivity index (χ0v) is 12.9. The van der Waals surface area contributed by atoms with Gasteiger partial charge < -0.3 is 0 Å². The molecule has 2 nitrogen and oxygen atoms in total.